The number of hydrazone groups is 1. The first kappa shape index (κ1) is 14.5. The van der Waals surface area contributed by atoms with Gasteiger partial charge in [-0.05, 0) is 35.9 Å². The Morgan fingerprint density at radius 3 is 2.67 bits per heavy atom. The molecule has 0 aliphatic carbocycles. The minimum atomic E-state index is -0.368. The molecule has 2 rings (SSSR count). The highest BCUT2D eigenvalue weighted by atomic mass is 16.5. The van der Waals surface area contributed by atoms with E-state index in [9.17, 15) is 4.79 Å². The summed E-state index contributed by atoms with van der Waals surface area (Å²) in [4.78, 5) is 15.7. The molecular formula is C15H15N3O3. The van der Waals surface area contributed by atoms with E-state index in [4.69, 9.17) is 9.47 Å². The van der Waals surface area contributed by atoms with E-state index < -0.39 is 0 Å². The number of pyridine rings is 1. The third-order valence-electron chi connectivity index (χ3n) is 2.68. The van der Waals surface area contributed by atoms with Crippen molar-refractivity contribution >= 4 is 12.1 Å². The number of carbonyl (C=O) groups excluding carboxylic acids is 1. The van der Waals surface area contributed by atoms with Crippen LogP contribution in [0.3, 0.4) is 0 Å². The van der Waals surface area contributed by atoms with Crippen LogP contribution in [-0.4, -0.2) is 31.3 Å². The zero-order chi connectivity index (χ0) is 15.1. The van der Waals surface area contributed by atoms with Gasteiger partial charge in [-0.15, -0.1) is 0 Å². The second-order valence-electron chi connectivity index (χ2n) is 4.03. The standard InChI is InChI=1S/C15H15N3O3/c1-20-13-7-6-11(9-14(13)21-2)10-17-18-15(19)12-5-3-4-8-16-12/h3-10H,1-2H3,(H,18,19)/b17-10+. The molecule has 1 amide bonds. The van der Waals surface area contributed by atoms with Gasteiger partial charge in [-0.25, -0.2) is 5.43 Å². The van der Waals surface area contributed by atoms with Crippen LogP contribution in [0, 0.1) is 0 Å². The molecule has 21 heavy (non-hydrogen) atoms. The maximum Gasteiger partial charge on any atom is 0.289 e. The lowest BCUT2D eigenvalue weighted by atomic mass is 10.2. The Bertz CT molecular complexity index is 642. The largest absolute Gasteiger partial charge is 0.493 e. The summed E-state index contributed by atoms with van der Waals surface area (Å²) in [5.41, 5.74) is 3.49. The van der Waals surface area contributed by atoms with Crippen molar-refractivity contribution in [1.29, 1.82) is 0 Å². The van der Waals surface area contributed by atoms with Crippen LogP contribution in [0.15, 0.2) is 47.7 Å². The number of amides is 1. The third-order valence-corrected chi connectivity index (χ3v) is 2.68. The molecule has 0 atom stereocenters. The highest BCUT2D eigenvalue weighted by Crippen LogP contribution is 2.26. The number of ether oxygens (including phenoxy) is 2. The molecule has 0 bridgehead atoms. The highest BCUT2D eigenvalue weighted by molar-refractivity contribution is 5.93. The quantitative estimate of drug-likeness (QED) is 0.672. The van der Waals surface area contributed by atoms with Gasteiger partial charge in [0.05, 0.1) is 20.4 Å². The molecule has 0 aliphatic heterocycles. The fourth-order valence-corrected chi connectivity index (χ4v) is 1.65. The molecular weight excluding hydrogens is 270 g/mol. The van der Waals surface area contributed by atoms with Crippen molar-refractivity contribution in [1.82, 2.24) is 10.4 Å². The van der Waals surface area contributed by atoms with Gasteiger partial charge in [-0.3, -0.25) is 9.78 Å². The summed E-state index contributed by atoms with van der Waals surface area (Å²) in [6.45, 7) is 0. The van der Waals surface area contributed by atoms with Gasteiger partial charge < -0.3 is 9.47 Å². The maximum atomic E-state index is 11.7. The number of nitrogens with one attached hydrogen (secondary N) is 1. The van der Waals surface area contributed by atoms with E-state index >= 15 is 0 Å². The third kappa shape index (κ3) is 3.79. The SMILES string of the molecule is COc1ccc(/C=N/NC(=O)c2ccccn2)cc1OC. The predicted molar refractivity (Wildman–Crippen MR) is 78.8 cm³/mol. The average molecular weight is 285 g/mol. The van der Waals surface area contributed by atoms with Crippen molar-refractivity contribution in [3.05, 3.63) is 53.9 Å². The van der Waals surface area contributed by atoms with Crippen LogP contribution in [0.2, 0.25) is 0 Å². The van der Waals surface area contributed by atoms with E-state index in [0.717, 1.165) is 5.56 Å². The van der Waals surface area contributed by atoms with E-state index in [1.165, 1.54) is 6.21 Å². The summed E-state index contributed by atoms with van der Waals surface area (Å²) in [6, 6.07) is 10.4. The number of nitrogens with zero attached hydrogens (tertiary/aromatic N) is 2. The monoisotopic (exact) mass is 285 g/mol. The number of carbonyl (C=O) groups is 1. The van der Waals surface area contributed by atoms with Crippen LogP contribution >= 0.6 is 0 Å². The number of hydrogen-bond donors (Lipinski definition) is 1. The van der Waals surface area contributed by atoms with E-state index in [1.54, 1.807) is 56.8 Å². The number of benzene rings is 1. The van der Waals surface area contributed by atoms with E-state index in [-0.39, 0.29) is 5.91 Å². The van der Waals surface area contributed by atoms with Crippen molar-refractivity contribution < 1.29 is 14.3 Å². The lowest BCUT2D eigenvalue weighted by molar-refractivity contribution is 0.0950. The molecule has 2 aromatic rings. The Kier molecular flexibility index (Phi) is 4.87. The lowest BCUT2D eigenvalue weighted by Crippen LogP contribution is -2.18. The van der Waals surface area contributed by atoms with Crippen molar-refractivity contribution in [2.24, 2.45) is 5.10 Å². The zero-order valence-corrected chi connectivity index (χ0v) is 11.7. The van der Waals surface area contributed by atoms with Gasteiger partial charge in [-0.2, -0.15) is 5.10 Å². The topological polar surface area (TPSA) is 72.8 Å². The molecule has 0 spiro atoms. The van der Waals surface area contributed by atoms with E-state index in [1.807, 2.05) is 0 Å². The second kappa shape index (κ2) is 7.04. The summed E-state index contributed by atoms with van der Waals surface area (Å²) >= 11 is 0. The molecule has 0 saturated carbocycles. The Morgan fingerprint density at radius 1 is 1.19 bits per heavy atom. The number of aromatic nitrogens is 1. The number of hydrogen-bond acceptors (Lipinski definition) is 5. The van der Waals surface area contributed by atoms with Gasteiger partial charge in [0.15, 0.2) is 11.5 Å². The number of rotatable bonds is 5. The van der Waals surface area contributed by atoms with Crippen LogP contribution in [0.5, 0.6) is 11.5 Å². The summed E-state index contributed by atoms with van der Waals surface area (Å²) in [7, 11) is 3.13. The van der Waals surface area contributed by atoms with Gasteiger partial charge in [-0.1, -0.05) is 6.07 Å². The first-order chi connectivity index (χ1) is 10.2. The predicted octanol–water partition coefficient (Wildman–Crippen LogP) is 1.86. The molecule has 0 radical (unpaired) electrons. The first-order valence-electron chi connectivity index (χ1n) is 6.21. The molecule has 108 valence electrons. The van der Waals surface area contributed by atoms with Gasteiger partial charge in [0.25, 0.3) is 5.91 Å². The van der Waals surface area contributed by atoms with Crippen molar-refractivity contribution in [2.45, 2.75) is 0 Å². The van der Waals surface area contributed by atoms with E-state index in [2.05, 4.69) is 15.5 Å². The summed E-state index contributed by atoms with van der Waals surface area (Å²) in [5, 5.41) is 3.89. The van der Waals surface area contributed by atoms with Crippen molar-refractivity contribution in [2.75, 3.05) is 14.2 Å². The van der Waals surface area contributed by atoms with Gasteiger partial charge in [0.2, 0.25) is 0 Å². The average Bonchev–Trinajstić information content (AvgIpc) is 2.55. The molecule has 6 nitrogen and oxygen atoms in total. The minimum absolute atomic E-state index is 0.307. The molecule has 6 heteroatoms. The molecule has 0 saturated heterocycles. The highest BCUT2D eigenvalue weighted by Gasteiger charge is 2.05. The molecule has 1 heterocycles. The molecule has 0 fully saturated rings. The van der Waals surface area contributed by atoms with Crippen molar-refractivity contribution in [3.8, 4) is 11.5 Å². The summed E-state index contributed by atoms with van der Waals surface area (Å²) in [6.07, 6.45) is 3.07. The Labute approximate surface area is 122 Å². The number of methoxy groups -OCH3 is 2. The van der Waals surface area contributed by atoms with Crippen molar-refractivity contribution in [3.63, 3.8) is 0 Å². The minimum Gasteiger partial charge on any atom is -0.493 e. The fourth-order valence-electron chi connectivity index (χ4n) is 1.65. The lowest BCUT2D eigenvalue weighted by Gasteiger charge is -2.07. The van der Waals surface area contributed by atoms with Crippen LogP contribution in [0.1, 0.15) is 16.1 Å². The summed E-state index contributed by atoms with van der Waals surface area (Å²) in [5.74, 6) is 0.858. The van der Waals surface area contributed by atoms with Gasteiger partial charge in [0, 0.05) is 6.20 Å². The summed E-state index contributed by atoms with van der Waals surface area (Å²) < 4.78 is 10.3. The van der Waals surface area contributed by atoms with Crippen LogP contribution in [-0.2, 0) is 0 Å². The maximum absolute atomic E-state index is 11.7. The second-order valence-corrected chi connectivity index (χ2v) is 4.03. The molecule has 1 aromatic carbocycles. The van der Waals surface area contributed by atoms with Gasteiger partial charge in [0.1, 0.15) is 5.69 Å². The van der Waals surface area contributed by atoms with Crippen LogP contribution in [0.25, 0.3) is 0 Å². The molecule has 0 unspecified atom stereocenters. The fraction of sp³-hybridized carbons (Fsp3) is 0.133. The zero-order valence-electron chi connectivity index (χ0n) is 11.7. The molecule has 0 aliphatic rings. The van der Waals surface area contributed by atoms with Crippen LogP contribution < -0.4 is 14.9 Å². The van der Waals surface area contributed by atoms with Crippen LogP contribution in [0.4, 0.5) is 0 Å². The van der Waals surface area contributed by atoms with E-state index in [0.29, 0.717) is 17.2 Å². The normalized spacial score (nSPS) is 10.4. The Balaban J connectivity index is 2.03. The first-order valence-corrected chi connectivity index (χ1v) is 6.21. The Morgan fingerprint density at radius 2 is 2.00 bits per heavy atom. The smallest absolute Gasteiger partial charge is 0.289 e. The van der Waals surface area contributed by atoms with Gasteiger partial charge >= 0.3 is 0 Å². The molecule has 1 N–H and O–H groups in total. The molecule has 1 aromatic heterocycles. The Hall–Kier alpha value is -2.89.